The van der Waals surface area contributed by atoms with E-state index in [0.29, 0.717) is 11.7 Å². The van der Waals surface area contributed by atoms with Crippen molar-refractivity contribution < 1.29 is 8.42 Å². The topological polar surface area (TPSA) is 60.2 Å². The van der Waals surface area contributed by atoms with Crippen LogP contribution in [0.2, 0.25) is 0 Å². The molecular formula is C14H29NO2S. The van der Waals surface area contributed by atoms with Gasteiger partial charge in [-0.05, 0) is 31.1 Å². The van der Waals surface area contributed by atoms with Crippen LogP contribution in [0.25, 0.3) is 0 Å². The van der Waals surface area contributed by atoms with Gasteiger partial charge in [0.05, 0.1) is 11.0 Å². The molecule has 1 aliphatic carbocycles. The normalized spacial score (nSPS) is 31.2. The van der Waals surface area contributed by atoms with Crippen molar-refractivity contribution >= 4 is 9.84 Å². The molecule has 4 atom stereocenters. The summed E-state index contributed by atoms with van der Waals surface area (Å²) < 4.78 is 24.9. The van der Waals surface area contributed by atoms with Gasteiger partial charge >= 0.3 is 0 Å². The Balaban J connectivity index is 2.71. The third-order valence-electron chi connectivity index (χ3n) is 4.32. The van der Waals surface area contributed by atoms with E-state index in [2.05, 4.69) is 6.92 Å². The van der Waals surface area contributed by atoms with E-state index in [4.69, 9.17) is 5.73 Å². The summed E-state index contributed by atoms with van der Waals surface area (Å²) in [6.45, 7) is 6.22. The van der Waals surface area contributed by atoms with E-state index in [1.807, 2.05) is 13.8 Å². The molecule has 0 aromatic carbocycles. The molecule has 0 aromatic rings. The third-order valence-corrected chi connectivity index (χ3v) is 6.82. The Bertz CT molecular complexity index is 340. The molecule has 0 bridgehead atoms. The van der Waals surface area contributed by atoms with Gasteiger partial charge in [0.1, 0.15) is 0 Å². The van der Waals surface area contributed by atoms with E-state index < -0.39 is 9.84 Å². The van der Waals surface area contributed by atoms with Crippen molar-refractivity contribution in [3.8, 4) is 0 Å². The van der Waals surface area contributed by atoms with E-state index in [-0.39, 0.29) is 17.2 Å². The fourth-order valence-corrected chi connectivity index (χ4v) is 5.47. The van der Waals surface area contributed by atoms with Crippen LogP contribution in [0.1, 0.15) is 59.3 Å². The Hall–Kier alpha value is -0.0900. The van der Waals surface area contributed by atoms with Crippen molar-refractivity contribution in [2.75, 3.05) is 5.75 Å². The first kappa shape index (κ1) is 16.0. The summed E-state index contributed by atoms with van der Waals surface area (Å²) in [6, 6.07) is -0.146. The van der Waals surface area contributed by atoms with Gasteiger partial charge in [0.15, 0.2) is 9.84 Å². The summed E-state index contributed by atoms with van der Waals surface area (Å²) in [7, 11) is -3.02. The van der Waals surface area contributed by atoms with Crippen LogP contribution in [-0.2, 0) is 9.84 Å². The summed E-state index contributed by atoms with van der Waals surface area (Å²) in [5.41, 5.74) is 6.06. The second-order valence-electron chi connectivity index (χ2n) is 6.01. The lowest BCUT2D eigenvalue weighted by Gasteiger charge is -2.34. The summed E-state index contributed by atoms with van der Waals surface area (Å²) in [6.07, 6.45) is 5.95. The van der Waals surface area contributed by atoms with E-state index >= 15 is 0 Å². The van der Waals surface area contributed by atoms with Gasteiger partial charge in [-0.25, -0.2) is 8.42 Å². The first-order chi connectivity index (χ1) is 8.40. The monoisotopic (exact) mass is 275 g/mol. The van der Waals surface area contributed by atoms with E-state index in [1.165, 1.54) is 0 Å². The first-order valence-corrected chi connectivity index (χ1v) is 9.09. The Morgan fingerprint density at radius 1 is 1.28 bits per heavy atom. The maximum atomic E-state index is 12.4. The lowest BCUT2D eigenvalue weighted by molar-refractivity contribution is 0.308. The lowest BCUT2D eigenvalue weighted by Crippen LogP contribution is -2.46. The Morgan fingerprint density at radius 3 is 2.50 bits per heavy atom. The van der Waals surface area contributed by atoms with Crippen molar-refractivity contribution in [1.29, 1.82) is 0 Å². The van der Waals surface area contributed by atoms with Crippen LogP contribution < -0.4 is 5.73 Å². The molecule has 18 heavy (non-hydrogen) atoms. The minimum atomic E-state index is -3.02. The average molecular weight is 275 g/mol. The molecule has 1 aliphatic rings. The maximum absolute atomic E-state index is 12.4. The highest BCUT2D eigenvalue weighted by Gasteiger charge is 2.37. The van der Waals surface area contributed by atoms with Crippen LogP contribution in [0.5, 0.6) is 0 Å². The van der Waals surface area contributed by atoms with Gasteiger partial charge in [-0.1, -0.05) is 40.0 Å². The molecule has 108 valence electrons. The highest BCUT2D eigenvalue weighted by molar-refractivity contribution is 7.92. The largest absolute Gasteiger partial charge is 0.327 e. The van der Waals surface area contributed by atoms with Crippen molar-refractivity contribution in [3.05, 3.63) is 0 Å². The molecule has 4 heteroatoms. The minimum absolute atomic E-state index is 0.146. The predicted octanol–water partition coefficient (Wildman–Crippen LogP) is 2.74. The number of nitrogens with two attached hydrogens (primary N) is 1. The summed E-state index contributed by atoms with van der Waals surface area (Å²) in [5.74, 6) is 1.11. The van der Waals surface area contributed by atoms with Crippen LogP contribution in [0.4, 0.5) is 0 Å². The van der Waals surface area contributed by atoms with Gasteiger partial charge in [-0.15, -0.1) is 0 Å². The van der Waals surface area contributed by atoms with Crippen molar-refractivity contribution in [2.45, 2.75) is 70.6 Å². The Kier molecular flexibility index (Phi) is 6.12. The third kappa shape index (κ3) is 4.23. The van der Waals surface area contributed by atoms with Crippen LogP contribution >= 0.6 is 0 Å². The maximum Gasteiger partial charge on any atom is 0.154 e. The molecule has 4 unspecified atom stereocenters. The zero-order valence-electron chi connectivity index (χ0n) is 12.1. The molecule has 3 nitrogen and oxygen atoms in total. The summed E-state index contributed by atoms with van der Waals surface area (Å²) in [5, 5.41) is -0.295. The van der Waals surface area contributed by atoms with Gasteiger partial charge in [0, 0.05) is 6.04 Å². The fraction of sp³-hybridized carbons (Fsp3) is 1.00. The van der Waals surface area contributed by atoms with Crippen LogP contribution in [0.3, 0.4) is 0 Å². The predicted molar refractivity (Wildman–Crippen MR) is 77.3 cm³/mol. The molecule has 2 N–H and O–H groups in total. The molecule has 0 aromatic heterocycles. The lowest BCUT2D eigenvalue weighted by atomic mass is 9.83. The van der Waals surface area contributed by atoms with Crippen LogP contribution in [0, 0.1) is 11.8 Å². The molecule has 0 aliphatic heterocycles. The quantitative estimate of drug-likeness (QED) is 0.811. The smallest absolute Gasteiger partial charge is 0.154 e. The highest BCUT2D eigenvalue weighted by atomic mass is 32.2. The Morgan fingerprint density at radius 2 is 1.94 bits per heavy atom. The number of sulfone groups is 1. The number of hydrogen-bond donors (Lipinski definition) is 1. The van der Waals surface area contributed by atoms with Gasteiger partial charge in [-0.2, -0.15) is 0 Å². The van der Waals surface area contributed by atoms with Gasteiger partial charge in [0.2, 0.25) is 0 Å². The SMILES string of the molecule is CCCC1CCC(N)C(S(=O)(=O)CC(C)CC)C1. The van der Waals surface area contributed by atoms with Crippen molar-refractivity contribution in [3.63, 3.8) is 0 Å². The molecule has 1 rings (SSSR count). The number of hydrogen-bond acceptors (Lipinski definition) is 3. The molecular weight excluding hydrogens is 246 g/mol. The molecule has 0 saturated heterocycles. The minimum Gasteiger partial charge on any atom is -0.327 e. The van der Waals surface area contributed by atoms with E-state index in [1.54, 1.807) is 0 Å². The van der Waals surface area contributed by atoms with Gasteiger partial charge < -0.3 is 5.73 Å². The molecule has 0 radical (unpaired) electrons. The summed E-state index contributed by atoms with van der Waals surface area (Å²) in [4.78, 5) is 0. The van der Waals surface area contributed by atoms with Crippen LogP contribution in [0.15, 0.2) is 0 Å². The van der Waals surface area contributed by atoms with E-state index in [0.717, 1.165) is 38.5 Å². The first-order valence-electron chi connectivity index (χ1n) is 7.37. The second kappa shape index (κ2) is 6.90. The van der Waals surface area contributed by atoms with Crippen molar-refractivity contribution in [1.82, 2.24) is 0 Å². The second-order valence-corrected chi connectivity index (χ2v) is 8.28. The van der Waals surface area contributed by atoms with Gasteiger partial charge in [-0.3, -0.25) is 0 Å². The fourth-order valence-electron chi connectivity index (χ4n) is 2.96. The van der Waals surface area contributed by atoms with Gasteiger partial charge in [0.25, 0.3) is 0 Å². The molecule has 1 saturated carbocycles. The average Bonchev–Trinajstić information content (AvgIpc) is 2.31. The number of rotatable bonds is 6. The standard InChI is InChI=1S/C14H29NO2S/c1-4-6-12-7-8-13(15)14(9-12)18(16,17)10-11(3)5-2/h11-14H,4-10,15H2,1-3H3. The molecule has 0 heterocycles. The molecule has 1 fully saturated rings. The zero-order chi connectivity index (χ0) is 13.8. The molecule has 0 amide bonds. The molecule has 0 spiro atoms. The van der Waals surface area contributed by atoms with E-state index in [9.17, 15) is 8.42 Å². The Labute approximate surface area is 112 Å². The zero-order valence-corrected chi connectivity index (χ0v) is 12.9. The highest BCUT2D eigenvalue weighted by Crippen LogP contribution is 2.32. The van der Waals surface area contributed by atoms with Crippen molar-refractivity contribution in [2.24, 2.45) is 17.6 Å². The van der Waals surface area contributed by atoms with Crippen LogP contribution in [-0.4, -0.2) is 25.5 Å². The summed E-state index contributed by atoms with van der Waals surface area (Å²) >= 11 is 0.